The van der Waals surface area contributed by atoms with Gasteiger partial charge in [0.25, 0.3) is 0 Å². The number of fused-ring (bicyclic) bond motifs is 1. The number of carbonyl (C=O) groups is 1. The Labute approximate surface area is 124 Å². The maximum atomic E-state index is 11.6. The van der Waals surface area contributed by atoms with Crippen molar-refractivity contribution in [1.82, 2.24) is 9.55 Å². The number of imidazole rings is 1. The second kappa shape index (κ2) is 5.52. The van der Waals surface area contributed by atoms with Gasteiger partial charge in [-0.05, 0) is 17.7 Å². The second-order valence-corrected chi connectivity index (χ2v) is 5.23. The largest absolute Gasteiger partial charge is 0.331 e. The van der Waals surface area contributed by atoms with Crippen LogP contribution < -0.4 is 0 Å². The van der Waals surface area contributed by atoms with Crippen LogP contribution in [-0.4, -0.2) is 15.3 Å². The molecule has 3 heteroatoms. The van der Waals surface area contributed by atoms with Crippen LogP contribution in [0.1, 0.15) is 35.1 Å². The lowest BCUT2D eigenvalue weighted by molar-refractivity contribution is 0.0988. The van der Waals surface area contributed by atoms with E-state index in [1.807, 2.05) is 56.4 Å². The molecule has 0 amide bonds. The van der Waals surface area contributed by atoms with E-state index >= 15 is 0 Å². The van der Waals surface area contributed by atoms with Crippen molar-refractivity contribution in [3.8, 4) is 0 Å². The average molecular weight is 278 g/mol. The lowest BCUT2D eigenvalue weighted by Gasteiger charge is -2.04. The fourth-order valence-electron chi connectivity index (χ4n) is 2.55. The van der Waals surface area contributed by atoms with Gasteiger partial charge in [0.2, 0.25) is 0 Å². The molecule has 3 rings (SSSR count). The molecule has 106 valence electrons. The number of hydrogen-bond acceptors (Lipinski definition) is 2. The summed E-state index contributed by atoms with van der Waals surface area (Å²) in [6.45, 7) is 1.88. The Kier molecular flexibility index (Phi) is 3.57. The van der Waals surface area contributed by atoms with Crippen LogP contribution >= 0.6 is 0 Å². The van der Waals surface area contributed by atoms with Gasteiger partial charge in [0.1, 0.15) is 5.82 Å². The summed E-state index contributed by atoms with van der Waals surface area (Å²) in [5, 5.41) is 0. The Morgan fingerprint density at radius 2 is 1.81 bits per heavy atom. The minimum Gasteiger partial charge on any atom is -0.331 e. The van der Waals surface area contributed by atoms with Gasteiger partial charge in [-0.3, -0.25) is 4.79 Å². The predicted octanol–water partition coefficient (Wildman–Crippen LogP) is 3.76. The number of ketones is 1. The van der Waals surface area contributed by atoms with Crippen LogP contribution in [0.4, 0.5) is 0 Å². The fourth-order valence-corrected chi connectivity index (χ4v) is 2.55. The van der Waals surface area contributed by atoms with Crippen molar-refractivity contribution in [2.75, 3.05) is 0 Å². The van der Waals surface area contributed by atoms with E-state index in [1.54, 1.807) is 0 Å². The van der Waals surface area contributed by atoms with Gasteiger partial charge in [0.15, 0.2) is 5.78 Å². The minimum atomic E-state index is 0.185. The number of carbonyl (C=O) groups excluding carboxylic acids is 1. The number of rotatable bonds is 4. The first kappa shape index (κ1) is 13.6. The van der Waals surface area contributed by atoms with Crippen molar-refractivity contribution in [1.29, 1.82) is 0 Å². The number of Topliss-reactive ketones (excluding diaryl/α,β-unsaturated/α-hetero) is 1. The van der Waals surface area contributed by atoms with Crippen LogP contribution in [0, 0.1) is 0 Å². The Balaban J connectivity index is 1.88. The summed E-state index contributed by atoms with van der Waals surface area (Å²) in [5.74, 6) is 1.22. The van der Waals surface area contributed by atoms with Crippen LogP contribution in [0.25, 0.3) is 11.0 Å². The SMILES string of the molecule is CCC(=O)c1ccc(Cc2nc3ccccc3n2C)cc1. The Morgan fingerprint density at radius 1 is 1.10 bits per heavy atom. The molecule has 0 atom stereocenters. The molecule has 0 saturated heterocycles. The van der Waals surface area contributed by atoms with Crippen molar-refractivity contribution >= 4 is 16.8 Å². The quantitative estimate of drug-likeness (QED) is 0.681. The average Bonchev–Trinajstić information content (AvgIpc) is 2.84. The number of nitrogens with zero attached hydrogens (tertiary/aromatic N) is 2. The van der Waals surface area contributed by atoms with Gasteiger partial charge in [-0.25, -0.2) is 4.98 Å². The molecule has 2 aromatic carbocycles. The highest BCUT2D eigenvalue weighted by Crippen LogP contribution is 2.17. The lowest BCUT2D eigenvalue weighted by atomic mass is 10.0. The third kappa shape index (κ3) is 2.59. The Hall–Kier alpha value is -2.42. The van der Waals surface area contributed by atoms with Crippen LogP contribution in [-0.2, 0) is 13.5 Å². The highest BCUT2D eigenvalue weighted by atomic mass is 16.1. The molecule has 0 spiro atoms. The number of hydrogen-bond donors (Lipinski definition) is 0. The standard InChI is InChI=1S/C18H18N2O/c1-3-17(21)14-10-8-13(9-11-14)12-18-19-15-6-4-5-7-16(15)20(18)2/h4-11H,3,12H2,1-2H3. The highest BCUT2D eigenvalue weighted by Gasteiger charge is 2.08. The van der Waals surface area contributed by atoms with Gasteiger partial charge in [0.05, 0.1) is 11.0 Å². The molecule has 0 radical (unpaired) electrons. The molecular formula is C18H18N2O. The summed E-state index contributed by atoms with van der Waals surface area (Å²) in [6, 6.07) is 16.0. The molecule has 0 saturated carbocycles. The molecule has 0 aliphatic rings. The Bertz CT molecular complexity index is 785. The predicted molar refractivity (Wildman–Crippen MR) is 84.6 cm³/mol. The summed E-state index contributed by atoms with van der Waals surface area (Å²) in [6.07, 6.45) is 1.32. The fraction of sp³-hybridized carbons (Fsp3) is 0.222. The molecule has 0 aliphatic carbocycles. The van der Waals surface area contributed by atoms with E-state index in [4.69, 9.17) is 0 Å². The van der Waals surface area contributed by atoms with Crippen molar-refractivity contribution in [2.24, 2.45) is 7.05 Å². The monoisotopic (exact) mass is 278 g/mol. The van der Waals surface area contributed by atoms with Gasteiger partial charge >= 0.3 is 0 Å². The third-order valence-electron chi connectivity index (χ3n) is 3.84. The number of aromatic nitrogens is 2. The van der Waals surface area contributed by atoms with Gasteiger partial charge in [-0.2, -0.15) is 0 Å². The summed E-state index contributed by atoms with van der Waals surface area (Å²) in [7, 11) is 2.04. The van der Waals surface area contributed by atoms with E-state index in [2.05, 4.69) is 15.6 Å². The van der Waals surface area contributed by atoms with Crippen LogP contribution in [0.2, 0.25) is 0 Å². The summed E-state index contributed by atoms with van der Waals surface area (Å²) < 4.78 is 2.13. The van der Waals surface area contributed by atoms with E-state index in [1.165, 1.54) is 5.56 Å². The van der Waals surface area contributed by atoms with E-state index in [-0.39, 0.29) is 5.78 Å². The zero-order valence-corrected chi connectivity index (χ0v) is 12.3. The topological polar surface area (TPSA) is 34.9 Å². The zero-order chi connectivity index (χ0) is 14.8. The van der Waals surface area contributed by atoms with Gasteiger partial charge in [-0.1, -0.05) is 43.3 Å². The van der Waals surface area contributed by atoms with Gasteiger partial charge in [-0.15, -0.1) is 0 Å². The van der Waals surface area contributed by atoms with E-state index in [0.29, 0.717) is 6.42 Å². The summed E-state index contributed by atoms with van der Waals surface area (Å²) in [4.78, 5) is 16.3. The van der Waals surface area contributed by atoms with Crippen molar-refractivity contribution < 1.29 is 4.79 Å². The molecule has 0 unspecified atom stereocenters. The van der Waals surface area contributed by atoms with E-state index < -0.39 is 0 Å². The number of aryl methyl sites for hydroxylation is 1. The molecule has 0 bridgehead atoms. The molecule has 3 aromatic rings. The molecule has 0 fully saturated rings. The second-order valence-electron chi connectivity index (χ2n) is 5.23. The molecule has 0 N–H and O–H groups in total. The minimum absolute atomic E-state index is 0.185. The molecular weight excluding hydrogens is 260 g/mol. The van der Waals surface area contributed by atoms with E-state index in [0.717, 1.165) is 28.8 Å². The van der Waals surface area contributed by atoms with Crippen LogP contribution in [0.3, 0.4) is 0 Å². The van der Waals surface area contributed by atoms with Crippen molar-refractivity contribution in [3.63, 3.8) is 0 Å². The smallest absolute Gasteiger partial charge is 0.162 e. The van der Waals surface area contributed by atoms with Crippen LogP contribution in [0.15, 0.2) is 48.5 Å². The molecule has 1 aromatic heterocycles. The van der Waals surface area contributed by atoms with Crippen molar-refractivity contribution in [2.45, 2.75) is 19.8 Å². The zero-order valence-electron chi connectivity index (χ0n) is 12.3. The summed E-state index contributed by atoms with van der Waals surface area (Å²) in [5.41, 5.74) is 4.12. The number of para-hydroxylation sites is 2. The molecule has 1 heterocycles. The van der Waals surface area contributed by atoms with Gasteiger partial charge < -0.3 is 4.57 Å². The Morgan fingerprint density at radius 3 is 2.48 bits per heavy atom. The normalized spacial score (nSPS) is 11.0. The molecule has 21 heavy (non-hydrogen) atoms. The maximum Gasteiger partial charge on any atom is 0.162 e. The first-order valence-electron chi connectivity index (χ1n) is 7.21. The molecule has 3 nitrogen and oxygen atoms in total. The van der Waals surface area contributed by atoms with E-state index in [9.17, 15) is 4.79 Å². The van der Waals surface area contributed by atoms with Gasteiger partial charge in [0, 0.05) is 25.5 Å². The van der Waals surface area contributed by atoms with Crippen LogP contribution in [0.5, 0.6) is 0 Å². The number of benzene rings is 2. The first-order valence-corrected chi connectivity index (χ1v) is 7.21. The van der Waals surface area contributed by atoms with Crippen molar-refractivity contribution in [3.05, 3.63) is 65.5 Å². The summed E-state index contributed by atoms with van der Waals surface area (Å²) >= 11 is 0. The highest BCUT2D eigenvalue weighted by molar-refractivity contribution is 5.95. The lowest BCUT2D eigenvalue weighted by Crippen LogP contribution is -2.00. The third-order valence-corrected chi connectivity index (χ3v) is 3.84. The first-order chi connectivity index (χ1) is 10.2. The maximum absolute atomic E-state index is 11.6. The molecule has 0 aliphatic heterocycles.